The molecule has 1 aliphatic rings. The number of carbonyl (C=O) groups excluding carboxylic acids is 1. The van der Waals surface area contributed by atoms with E-state index in [4.69, 9.17) is 4.74 Å². The number of amides is 1. The summed E-state index contributed by atoms with van der Waals surface area (Å²) in [6.45, 7) is 1.32. The lowest BCUT2D eigenvalue weighted by Crippen LogP contribution is -2.32. The number of hydrogen-bond acceptors (Lipinski definition) is 4. The zero-order valence-corrected chi connectivity index (χ0v) is 13.6. The number of hydrogen-bond donors (Lipinski definition) is 0. The van der Waals surface area contributed by atoms with Crippen molar-refractivity contribution in [1.82, 2.24) is 14.9 Å². The normalized spacial score (nSPS) is 13.8. The Hall–Kier alpha value is -3.21. The van der Waals surface area contributed by atoms with Crippen LogP contribution in [0.25, 0.3) is 11.1 Å². The molecule has 0 N–H and O–H groups in total. The lowest BCUT2D eigenvalue weighted by Gasteiger charge is -2.19. The Balaban J connectivity index is 1.67. The van der Waals surface area contributed by atoms with Gasteiger partial charge in [-0.25, -0.2) is 9.97 Å². The third kappa shape index (κ3) is 3.21. The Labute approximate surface area is 145 Å². The average molecular weight is 330 g/mol. The summed E-state index contributed by atoms with van der Waals surface area (Å²) in [6.07, 6.45) is 3.36. The maximum Gasteiger partial charge on any atom is 0.258 e. The molecule has 0 saturated heterocycles. The molecule has 0 atom stereocenters. The van der Waals surface area contributed by atoms with Gasteiger partial charge in [-0.05, 0) is 35.4 Å². The van der Waals surface area contributed by atoms with Crippen LogP contribution in [0.3, 0.4) is 0 Å². The van der Waals surface area contributed by atoms with E-state index in [1.807, 2.05) is 42.5 Å². The summed E-state index contributed by atoms with van der Waals surface area (Å²) in [6, 6.07) is 18.1. The third-order valence-corrected chi connectivity index (χ3v) is 4.12. The smallest absolute Gasteiger partial charge is 0.258 e. The molecule has 5 heteroatoms. The van der Waals surface area contributed by atoms with Gasteiger partial charge in [0.2, 0.25) is 0 Å². The van der Waals surface area contributed by atoms with E-state index < -0.39 is 0 Å². The van der Waals surface area contributed by atoms with Crippen molar-refractivity contribution >= 4 is 5.91 Å². The van der Waals surface area contributed by atoms with Gasteiger partial charge in [-0.1, -0.05) is 30.3 Å². The second-order valence-corrected chi connectivity index (χ2v) is 5.74. The molecule has 1 aliphatic heterocycles. The van der Waals surface area contributed by atoms with Crippen molar-refractivity contribution in [3.8, 4) is 16.9 Å². The quantitative estimate of drug-likeness (QED) is 0.741. The van der Waals surface area contributed by atoms with E-state index in [2.05, 4.69) is 16.0 Å². The first kappa shape index (κ1) is 15.3. The molecule has 0 spiro atoms. The van der Waals surface area contributed by atoms with Gasteiger partial charge in [-0.3, -0.25) is 4.79 Å². The molecule has 3 aromatic rings. The van der Waals surface area contributed by atoms with Crippen molar-refractivity contribution in [2.24, 2.45) is 0 Å². The molecular weight excluding hydrogens is 314 g/mol. The molecule has 4 rings (SSSR count). The Bertz CT molecular complexity index is 882. The van der Waals surface area contributed by atoms with E-state index in [0.29, 0.717) is 36.8 Å². The molecule has 0 fully saturated rings. The molecular formula is C20H16N3O2. The minimum Gasteiger partial charge on any atom is -0.491 e. The predicted molar refractivity (Wildman–Crippen MR) is 93.0 cm³/mol. The van der Waals surface area contributed by atoms with E-state index in [9.17, 15) is 4.79 Å². The fraction of sp³-hybridized carbons (Fsp3) is 0.150. The Kier molecular flexibility index (Phi) is 4.12. The van der Waals surface area contributed by atoms with E-state index in [1.54, 1.807) is 23.4 Å². The first-order valence-electron chi connectivity index (χ1n) is 8.10. The molecule has 1 radical (unpaired) electrons. The fourth-order valence-electron chi connectivity index (χ4n) is 2.85. The van der Waals surface area contributed by atoms with Crippen molar-refractivity contribution in [2.45, 2.75) is 6.54 Å². The van der Waals surface area contributed by atoms with Crippen LogP contribution in [0.2, 0.25) is 0 Å². The zero-order chi connectivity index (χ0) is 17.1. The summed E-state index contributed by atoms with van der Waals surface area (Å²) >= 11 is 0. The summed E-state index contributed by atoms with van der Waals surface area (Å²) in [7, 11) is 0. The number of fused-ring (bicyclic) bond motifs is 1. The van der Waals surface area contributed by atoms with Gasteiger partial charge in [0.05, 0.1) is 18.7 Å². The molecule has 0 unspecified atom stereocenters. The van der Waals surface area contributed by atoms with Crippen LogP contribution >= 0.6 is 0 Å². The van der Waals surface area contributed by atoms with Crippen molar-refractivity contribution in [1.29, 1.82) is 0 Å². The SMILES string of the molecule is O=C1c2cc(-c3cc[c]cc3)ccc2OCCN1Cc1ncccn1. The van der Waals surface area contributed by atoms with Crippen LogP contribution in [0, 0.1) is 6.07 Å². The summed E-state index contributed by atoms with van der Waals surface area (Å²) in [5.74, 6) is 1.17. The highest BCUT2D eigenvalue weighted by molar-refractivity contribution is 5.98. The van der Waals surface area contributed by atoms with E-state index in [1.165, 1.54) is 0 Å². The molecule has 0 bridgehead atoms. The molecule has 1 amide bonds. The minimum absolute atomic E-state index is 0.0655. The van der Waals surface area contributed by atoms with Gasteiger partial charge in [0.1, 0.15) is 18.2 Å². The second kappa shape index (κ2) is 6.73. The Morgan fingerprint density at radius 3 is 2.68 bits per heavy atom. The summed E-state index contributed by atoms with van der Waals surface area (Å²) in [5.41, 5.74) is 2.58. The lowest BCUT2D eigenvalue weighted by molar-refractivity contribution is 0.0738. The van der Waals surface area contributed by atoms with Gasteiger partial charge in [-0.2, -0.15) is 0 Å². The largest absolute Gasteiger partial charge is 0.491 e. The third-order valence-electron chi connectivity index (χ3n) is 4.12. The minimum atomic E-state index is -0.0655. The number of benzene rings is 2. The maximum atomic E-state index is 13.0. The molecule has 0 saturated carbocycles. The molecule has 1 aromatic heterocycles. The van der Waals surface area contributed by atoms with Crippen LogP contribution in [-0.2, 0) is 6.54 Å². The molecule has 2 aromatic carbocycles. The first-order chi connectivity index (χ1) is 12.3. The second-order valence-electron chi connectivity index (χ2n) is 5.74. The van der Waals surface area contributed by atoms with E-state index in [-0.39, 0.29) is 5.91 Å². The molecule has 0 aliphatic carbocycles. The number of ether oxygens (including phenoxy) is 1. The van der Waals surface area contributed by atoms with Gasteiger partial charge in [0, 0.05) is 12.4 Å². The molecule has 2 heterocycles. The summed E-state index contributed by atoms with van der Waals surface area (Å²) < 4.78 is 5.77. The lowest BCUT2D eigenvalue weighted by atomic mass is 10.0. The van der Waals surface area contributed by atoms with E-state index in [0.717, 1.165) is 11.1 Å². The highest BCUT2D eigenvalue weighted by atomic mass is 16.5. The van der Waals surface area contributed by atoms with Gasteiger partial charge >= 0.3 is 0 Å². The van der Waals surface area contributed by atoms with Crippen molar-refractivity contribution in [2.75, 3.05) is 13.2 Å². The van der Waals surface area contributed by atoms with Crippen LogP contribution in [0.15, 0.2) is 60.9 Å². The standard InChI is InChI=1S/C20H16N3O2/c24-20-17-13-16(15-5-2-1-3-6-15)7-8-18(17)25-12-11-23(20)14-19-21-9-4-10-22-19/h2-10,13H,11-12,14H2. The van der Waals surface area contributed by atoms with Gasteiger partial charge in [0.15, 0.2) is 0 Å². The van der Waals surface area contributed by atoms with Crippen molar-refractivity contribution in [3.05, 3.63) is 78.4 Å². The van der Waals surface area contributed by atoms with Gasteiger partial charge in [-0.15, -0.1) is 0 Å². The predicted octanol–water partition coefficient (Wildman–Crippen LogP) is 2.98. The fourth-order valence-corrected chi connectivity index (χ4v) is 2.85. The van der Waals surface area contributed by atoms with E-state index >= 15 is 0 Å². The Morgan fingerprint density at radius 2 is 1.88 bits per heavy atom. The average Bonchev–Trinajstić information content (AvgIpc) is 2.82. The zero-order valence-electron chi connectivity index (χ0n) is 13.6. The van der Waals surface area contributed by atoms with Gasteiger partial charge < -0.3 is 9.64 Å². The van der Waals surface area contributed by atoms with Crippen LogP contribution in [0.4, 0.5) is 0 Å². The number of nitrogens with zero attached hydrogens (tertiary/aromatic N) is 3. The highest BCUT2D eigenvalue weighted by Crippen LogP contribution is 2.29. The molecule has 5 nitrogen and oxygen atoms in total. The van der Waals surface area contributed by atoms with Crippen molar-refractivity contribution in [3.63, 3.8) is 0 Å². The topological polar surface area (TPSA) is 55.3 Å². The van der Waals surface area contributed by atoms with Crippen LogP contribution in [-0.4, -0.2) is 33.9 Å². The van der Waals surface area contributed by atoms with Crippen LogP contribution in [0.1, 0.15) is 16.2 Å². The number of carbonyl (C=O) groups is 1. The molecule has 25 heavy (non-hydrogen) atoms. The Morgan fingerprint density at radius 1 is 1.08 bits per heavy atom. The molecule has 123 valence electrons. The summed E-state index contributed by atoms with van der Waals surface area (Å²) in [5, 5.41) is 0. The summed E-state index contributed by atoms with van der Waals surface area (Å²) in [4.78, 5) is 23.2. The van der Waals surface area contributed by atoms with Crippen LogP contribution < -0.4 is 4.74 Å². The number of aromatic nitrogens is 2. The highest BCUT2D eigenvalue weighted by Gasteiger charge is 2.24. The van der Waals surface area contributed by atoms with Crippen molar-refractivity contribution < 1.29 is 9.53 Å². The first-order valence-corrected chi connectivity index (χ1v) is 8.10. The monoisotopic (exact) mass is 330 g/mol. The number of rotatable bonds is 3. The van der Waals surface area contributed by atoms with Gasteiger partial charge in [0.25, 0.3) is 5.91 Å². The maximum absolute atomic E-state index is 13.0. The van der Waals surface area contributed by atoms with Crippen LogP contribution in [0.5, 0.6) is 5.75 Å².